The molecule has 0 radical (unpaired) electrons. The lowest BCUT2D eigenvalue weighted by atomic mass is 9.95. The topological polar surface area (TPSA) is 51.8 Å². The maximum absolute atomic E-state index is 6.57. The van der Waals surface area contributed by atoms with Crippen molar-refractivity contribution in [2.75, 3.05) is 0 Å². The summed E-state index contributed by atoms with van der Waals surface area (Å²) in [5.41, 5.74) is 6.86. The summed E-state index contributed by atoms with van der Waals surface area (Å²) in [7, 11) is 0. The molecule has 8 aromatic carbocycles. The van der Waals surface area contributed by atoms with Crippen molar-refractivity contribution in [3.05, 3.63) is 164 Å². The van der Waals surface area contributed by atoms with E-state index in [0.29, 0.717) is 17.5 Å². The highest BCUT2D eigenvalue weighted by atomic mass is 16.3. The van der Waals surface area contributed by atoms with Crippen LogP contribution in [0.2, 0.25) is 0 Å². The molecule has 2 heterocycles. The van der Waals surface area contributed by atoms with Gasteiger partial charge in [-0.3, -0.25) is 0 Å². The molecule has 10 rings (SSSR count). The number of nitrogens with zero attached hydrogens (tertiary/aromatic N) is 3. The Balaban J connectivity index is 1.23. The predicted molar refractivity (Wildman–Crippen MR) is 201 cm³/mol. The smallest absolute Gasteiger partial charge is 0.164 e. The number of aromatic nitrogens is 3. The molecule has 228 valence electrons. The largest absolute Gasteiger partial charge is 0.455 e. The van der Waals surface area contributed by atoms with Crippen molar-refractivity contribution in [2.45, 2.75) is 0 Å². The van der Waals surface area contributed by atoms with Gasteiger partial charge in [-0.15, -0.1) is 0 Å². The molecule has 0 N–H and O–H groups in total. The Morgan fingerprint density at radius 2 is 0.898 bits per heavy atom. The Morgan fingerprint density at radius 3 is 1.65 bits per heavy atom. The van der Waals surface area contributed by atoms with Crippen LogP contribution >= 0.6 is 0 Å². The fourth-order valence-electron chi connectivity index (χ4n) is 7.17. The van der Waals surface area contributed by atoms with Gasteiger partial charge in [0.1, 0.15) is 11.2 Å². The van der Waals surface area contributed by atoms with Crippen molar-refractivity contribution < 1.29 is 4.42 Å². The molecule has 0 bridgehead atoms. The molecule has 10 aromatic rings. The second-order valence-electron chi connectivity index (χ2n) is 12.4. The minimum atomic E-state index is 0.612. The van der Waals surface area contributed by atoms with Crippen molar-refractivity contribution in [3.8, 4) is 45.3 Å². The summed E-state index contributed by atoms with van der Waals surface area (Å²) in [6.07, 6.45) is 0. The first-order valence-electron chi connectivity index (χ1n) is 16.4. The second-order valence-corrected chi connectivity index (χ2v) is 12.4. The SMILES string of the molecule is c1ccc(-c2nc(-c3ccc4oc5c6ccccc6c(-c6ccccc6)cc5c4c3)nc(-c3cc4ccccc4c4ccccc34)n2)cc1. The van der Waals surface area contributed by atoms with Crippen molar-refractivity contribution in [1.29, 1.82) is 0 Å². The van der Waals surface area contributed by atoms with Crippen molar-refractivity contribution in [2.24, 2.45) is 0 Å². The van der Waals surface area contributed by atoms with E-state index >= 15 is 0 Å². The monoisotopic (exact) mass is 625 g/mol. The minimum absolute atomic E-state index is 0.612. The standard InChI is InChI=1S/C45H27N3O/c1-3-13-28(14-4-1)37-27-39-38-26-31(23-24-41(38)49-42(39)36-22-12-11-21-35(36)37)44-46-43(29-15-5-2-6-16-29)47-45(48-44)40-25-30-17-7-8-18-32(30)33-19-9-10-20-34(33)40/h1-27H. The van der Waals surface area contributed by atoms with Gasteiger partial charge >= 0.3 is 0 Å². The average Bonchev–Trinajstić information content (AvgIpc) is 3.56. The molecule has 0 aliphatic rings. The summed E-state index contributed by atoms with van der Waals surface area (Å²) >= 11 is 0. The molecule has 2 aromatic heterocycles. The first-order valence-corrected chi connectivity index (χ1v) is 16.4. The first-order chi connectivity index (χ1) is 24.3. The van der Waals surface area contributed by atoms with Gasteiger partial charge in [0.15, 0.2) is 17.5 Å². The van der Waals surface area contributed by atoms with E-state index in [1.807, 2.05) is 36.4 Å². The van der Waals surface area contributed by atoms with E-state index < -0.39 is 0 Å². The van der Waals surface area contributed by atoms with Crippen LogP contribution in [0, 0.1) is 0 Å². The van der Waals surface area contributed by atoms with Gasteiger partial charge in [-0.1, -0.05) is 133 Å². The zero-order valence-corrected chi connectivity index (χ0v) is 26.3. The highest BCUT2D eigenvalue weighted by Gasteiger charge is 2.19. The molecule has 0 unspecified atom stereocenters. The zero-order valence-electron chi connectivity index (χ0n) is 26.3. The fourth-order valence-corrected chi connectivity index (χ4v) is 7.17. The van der Waals surface area contributed by atoms with Crippen molar-refractivity contribution in [1.82, 2.24) is 15.0 Å². The van der Waals surface area contributed by atoms with Crippen LogP contribution in [0.4, 0.5) is 0 Å². The van der Waals surface area contributed by atoms with Gasteiger partial charge in [0.25, 0.3) is 0 Å². The van der Waals surface area contributed by atoms with Gasteiger partial charge in [-0.2, -0.15) is 0 Å². The third-order valence-electron chi connectivity index (χ3n) is 9.50. The van der Waals surface area contributed by atoms with E-state index in [-0.39, 0.29) is 0 Å². The van der Waals surface area contributed by atoms with Gasteiger partial charge < -0.3 is 4.42 Å². The first kappa shape index (κ1) is 27.5. The maximum Gasteiger partial charge on any atom is 0.164 e. The van der Waals surface area contributed by atoms with E-state index in [2.05, 4.69) is 127 Å². The average molecular weight is 626 g/mol. The molecule has 0 saturated heterocycles. The van der Waals surface area contributed by atoms with Gasteiger partial charge in [0, 0.05) is 32.8 Å². The van der Waals surface area contributed by atoms with E-state index in [4.69, 9.17) is 19.4 Å². The molecule has 0 spiro atoms. The van der Waals surface area contributed by atoms with Crippen LogP contribution < -0.4 is 0 Å². The highest BCUT2D eigenvalue weighted by Crippen LogP contribution is 2.41. The zero-order chi connectivity index (χ0) is 32.3. The Kier molecular flexibility index (Phi) is 6.15. The van der Waals surface area contributed by atoms with E-state index in [1.54, 1.807) is 0 Å². The Hall–Kier alpha value is -6.65. The molecule has 0 aliphatic carbocycles. The van der Waals surface area contributed by atoms with Crippen LogP contribution in [-0.2, 0) is 0 Å². The minimum Gasteiger partial charge on any atom is -0.455 e. The van der Waals surface area contributed by atoms with Crippen LogP contribution in [0.25, 0.3) is 99.5 Å². The second kappa shape index (κ2) is 11.0. The molecule has 0 amide bonds. The van der Waals surface area contributed by atoms with Crippen LogP contribution in [0.5, 0.6) is 0 Å². The van der Waals surface area contributed by atoms with Crippen molar-refractivity contribution >= 4 is 54.3 Å². The summed E-state index contributed by atoms with van der Waals surface area (Å²) < 4.78 is 6.57. The molecule has 4 nitrogen and oxygen atoms in total. The normalized spacial score (nSPS) is 11.7. The number of hydrogen-bond acceptors (Lipinski definition) is 4. The third kappa shape index (κ3) is 4.49. The summed E-state index contributed by atoms with van der Waals surface area (Å²) in [5, 5.41) is 8.97. The van der Waals surface area contributed by atoms with Crippen molar-refractivity contribution in [3.63, 3.8) is 0 Å². The molecule has 4 heteroatoms. The van der Waals surface area contributed by atoms with E-state index in [0.717, 1.165) is 60.2 Å². The van der Waals surface area contributed by atoms with Crippen LogP contribution in [0.1, 0.15) is 0 Å². The summed E-state index contributed by atoms with van der Waals surface area (Å²) in [4.78, 5) is 15.4. The Labute approximate surface area is 282 Å². The predicted octanol–water partition coefficient (Wildman–Crippen LogP) is 11.9. The van der Waals surface area contributed by atoms with Crippen LogP contribution in [-0.4, -0.2) is 15.0 Å². The summed E-state index contributed by atoms with van der Waals surface area (Å²) in [5.74, 6) is 1.88. The lowest BCUT2D eigenvalue weighted by molar-refractivity contribution is 0.672. The molecule has 0 aliphatic heterocycles. The lowest BCUT2D eigenvalue weighted by Gasteiger charge is -2.12. The van der Waals surface area contributed by atoms with Gasteiger partial charge in [0.2, 0.25) is 0 Å². The third-order valence-corrected chi connectivity index (χ3v) is 9.50. The van der Waals surface area contributed by atoms with E-state index in [1.165, 1.54) is 21.9 Å². The molecule has 0 fully saturated rings. The van der Waals surface area contributed by atoms with E-state index in [9.17, 15) is 0 Å². The number of hydrogen-bond donors (Lipinski definition) is 0. The Bertz CT molecular complexity index is 2880. The quantitative estimate of drug-likeness (QED) is 0.183. The number of benzene rings is 8. The van der Waals surface area contributed by atoms with Gasteiger partial charge in [-0.25, -0.2) is 15.0 Å². The molecular weight excluding hydrogens is 599 g/mol. The number of fused-ring (bicyclic) bond motifs is 8. The fraction of sp³-hybridized carbons (Fsp3) is 0. The molecule has 49 heavy (non-hydrogen) atoms. The molecule has 0 saturated carbocycles. The number of rotatable bonds is 4. The summed E-state index contributed by atoms with van der Waals surface area (Å²) in [6.45, 7) is 0. The van der Waals surface area contributed by atoms with Crippen LogP contribution in [0.15, 0.2) is 168 Å². The molecule has 0 atom stereocenters. The number of furan rings is 1. The lowest BCUT2D eigenvalue weighted by Crippen LogP contribution is -2.00. The highest BCUT2D eigenvalue weighted by molar-refractivity contribution is 6.19. The van der Waals surface area contributed by atoms with Crippen LogP contribution in [0.3, 0.4) is 0 Å². The molecular formula is C45H27N3O. The maximum atomic E-state index is 6.57. The Morgan fingerprint density at radius 1 is 0.327 bits per heavy atom. The van der Waals surface area contributed by atoms with Gasteiger partial charge in [-0.05, 0) is 68.4 Å². The summed E-state index contributed by atoms with van der Waals surface area (Å²) in [6, 6.07) is 56.8. The van der Waals surface area contributed by atoms with Gasteiger partial charge in [0.05, 0.1) is 0 Å².